The van der Waals surface area contributed by atoms with Crippen LogP contribution in [0.5, 0.6) is 0 Å². The van der Waals surface area contributed by atoms with E-state index < -0.39 is 51.3 Å². The van der Waals surface area contributed by atoms with Gasteiger partial charge in [0, 0.05) is 19.4 Å². The minimum Gasteiger partial charge on any atom is -0.444 e. The Morgan fingerprint density at radius 2 is 1.97 bits per heavy atom. The summed E-state index contributed by atoms with van der Waals surface area (Å²) in [6.07, 6.45) is -0.897. The molecule has 172 valence electrons. The van der Waals surface area contributed by atoms with Crippen molar-refractivity contribution >= 4 is 51.0 Å². The van der Waals surface area contributed by atoms with Gasteiger partial charge in [-0.1, -0.05) is 17.7 Å². The topological polar surface area (TPSA) is 131 Å². The van der Waals surface area contributed by atoms with Gasteiger partial charge in [-0.2, -0.15) is 8.42 Å². The van der Waals surface area contributed by atoms with E-state index in [0.29, 0.717) is 0 Å². The molecule has 12 heteroatoms. The predicted octanol–water partition coefficient (Wildman–Crippen LogP) is 2.13. The SMILES string of the molecule is COS(=O)(=O)C[C@H]1CC(=O)N[C@@H]1C(=O)N(C)c1cccc(Cl)c1NC(=O)OC(C)(C)C. The summed E-state index contributed by atoms with van der Waals surface area (Å²) in [6, 6.07) is 3.58. The molecule has 0 saturated carbocycles. The maximum absolute atomic E-state index is 13.1. The second-order valence-electron chi connectivity index (χ2n) is 8.06. The molecule has 0 spiro atoms. The second-order valence-corrected chi connectivity index (χ2v) is 10.2. The van der Waals surface area contributed by atoms with Crippen LogP contribution in [0.3, 0.4) is 0 Å². The number of hydrogen-bond acceptors (Lipinski definition) is 7. The Bertz CT molecular complexity index is 975. The summed E-state index contributed by atoms with van der Waals surface area (Å²) >= 11 is 6.24. The molecule has 3 amide bonds. The third kappa shape index (κ3) is 6.55. The molecule has 0 radical (unpaired) electrons. The number of ether oxygens (including phenoxy) is 1. The summed E-state index contributed by atoms with van der Waals surface area (Å²) < 4.78 is 33.4. The van der Waals surface area contributed by atoms with Crippen molar-refractivity contribution in [2.75, 3.05) is 30.1 Å². The molecule has 2 atom stereocenters. The van der Waals surface area contributed by atoms with E-state index in [1.807, 2.05) is 0 Å². The van der Waals surface area contributed by atoms with Crippen LogP contribution in [0.15, 0.2) is 18.2 Å². The quantitative estimate of drug-likeness (QED) is 0.602. The van der Waals surface area contributed by atoms with E-state index in [-0.39, 0.29) is 22.8 Å². The van der Waals surface area contributed by atoms with Gasteiger partial charge in [0.15, 0.2) is 0 Å². The zero-order valence-electron chi connectivity index (χ0n) is 17.9. The van der Waals surface area contributed by atoms with Crippen LogP contribution in [0.1, 0.15) is 27.2 Å². The van der Waals surface area contributed by atoms with Crippen molar-refractivity contribution in [2.45, 2.75) is 38.8 Å². The first-order valence-corrected chi connectivity index (χ1v) is 11.3. The van der Waals surface area contributed by atoms with Crippen LogP contribution in [0, 0.1) is 5.92 Å². The fraction of sp³-hybridized carbons (Fsp3) is 0.526. The standard InChI is InChI=1S/C19H26ClN3O7S/c1-19(2,3)30-18(26)22-16-12(20)7-6-8-13(16)23(4)17(25)15-11(9-14(24)21-15)10-31(27,28)29-5/h6-8,11,15H,9-10H2,1-5H3,(H,21,24)(H,22,26)/t11-,15+/m1/s1. The lowest BCUT2D eigenvalue weighted by atomic mass is 10.0. The minimum atomic E-state index is -3.89. The smallest absolute Gasteiger partial charge is 0.412 e. The molecule has 2 rings (SSSR count). The van der Waals surface area contributed by atoms with Crippen LogP contribution in [0.4, 0.5) is 16.2 Å². The van der Waals surface area contributed by atoms with E-state index in [2.05, 4.69) is 14.8 Å². The summed E-state index contributed by atoms with van der Waals surface area (Å²) in [7, 11) is -1.44. The number of anilines is 2. The Morgan fingerprint density at radius 1 is 1.32 bits per heavy atom. The zero-order chi connectivity index (χ0) is 23.6. The Morgan fingerprint density at radius 3 is 2.55 bits per heavy atom. The summed E-state index contributed by atoms with van der Waals surface area (Å²) in [5.74, 6) is -2.32. The Labute approximate surface area is 186 Å². The monoisotopic (exact) mass is 475 g/mol. The van der Waals surface area contributed by atoms with Gasteiger partial charge in [0.25, 0.3) is 10.1 Å². The van der Waals surface area contributed by atoms with Crippen molar-refractivity contribution in [1.29, 1.82) is 0 Å². The van der Waals surface area contributed by atoms with Gasteiger partial charge in [0.1, 0.15) is 11.6 Å². The van der Waals surface area contributed by atoms with Crippen LogP contribution in [0.25, 0.3) is 0 Å². The van der Waals surface area contributed by atoms with Crippen molar-refractivity contribution in [3.05, 3.63) is 23.2 Å². The third-order valence-electron chi connectivity index (χ3n) is 4.48. The normalized spacial score (nSPS) is 19.0. The number of nitrogens with zero attached hydrogens (tertiary/aromatic N) is 1. The van der Waals surface area contributed by atoms with Gasteiger partial charge in [-0.25, -0.2) is 4.79 Å². The summed E-state index contributed by atoms with van der Waals surface area (Å²) in [5.41, 5.74) is -0.362. The van der Waals surface area contributed by atoms with Gasteiger partial charge < -0.3 is 15.0 Å². The molecule has 31 heavy (non-hydrogen) atoms. The minimum absolute atomic E-state index is 0.134. The Balaban J connectivity index is 2.30. The van der Waals surface area contributed by atoms with Crippen LogP contribution >= 0.6 is 11.6 Å². The lowest BCUT2D eigenvalue weighted by molar-refractivity contribution is -0.124. The summed E-state index contributed by atoms with van der Waals surface area (Å²) in [5, 5.41) is 5.21. The Kier molecular flexibility index (Phi) is 7.56. The second kappa shape index (κ2) is 9.41. The third-order valence-corrected chi connectivity index (χ3v) is 6.14. The maximum atomic E-state index is 13.1. The first-order valence-electron chi connectivity index (χ1n) is 9.38. The van der Waals surface area contributed by atoms with Gasteiger partial charge in [0.05, 0.1) is 29.3 Å². The molecule has 1 aliphatic heterocycles. The molecule has 0 bridgehead atoms. The molecule has 1 saturated heterocycles. The van der Waals surface area contributed by atoms with Crippen molar-refractivity contribution in [1.82, 2.24) is 5.32 Å². The van der Waals surface area contributed by atoms with Crippen LogP contribution < -0.4 is 15.5 Å². The van der Waals surface area contributed by atoms with Crippen LogP contribution in [0.2, 0.25) is 5.02 Å². The number of amides is 3. The average Bonchev–Trinajstić information content (AvgIpc) is 3.00. The number of nitrogens with one attached hydrogen (secondary N) is 2. The van der Waals surface area contributed by atoms with E-state index in [1.165, 1.54) is 18.0 Å². The van der Waals surface area contributed by atoms with Crippen LogP contribution in [-0.4, -0.2) is 57.9 Å². The first kappa shape index (κ1) is 24.9. The molecular weight excluding hydrogens is 450 g/mol. The number of carbonyl (C=O) groups is 3. The highest BCUT2D eigenvalue weighted by Crippen LogP contribution is 2.34. The number of halogens is 1. The lowest BCUT2D eigenvalue weighted by Crippen LogP contribution is -2.47. The van der Waals surface area contributed by atoms with Gasteiger partial charge >= 0.3 is 6.09 Å². The van der Waals surface area contributed by atoms with Crippen molar-refractivity contribution < 1.29 is 31.7 Å². The molecule has 1 heterocycles. The average molecular weight is 476 g/mol. The molecule has 1 aliphatic rings. The van der Waals surface area contributed by atoms with Gasteiger partial charge in [-0.15, -0.1) is 0 Å². The van der Waals surface area contributed by atoms with Gasteiger partial charge in [-0.05, 0) is 32.9 Å². The zero-order valence-corrected chi connectivity index (χ0v) is 19.5. The number of para-hydroxylation sites is 1. The molecule has 1 aromatic rings. The first-order chi connectivity index (χ1) is 14.2. The van der Waals surface area contributed by atoms with Crippen molar-refractivity contribution in [3.63, 3.8) is 0 Å². The fourth-order valence-electron chi connectivity index (χ4n) is 3.10. The van der Waals surface area contributed by atoms with Crippen molar-refractivity contribution in [3.8, 4) is 0 Å². The molecule has 0 unspecified atom stereocenters. The highest BCUT2D eigenvalue weighted by atomic mass is 35.5. The number of benzene rings is 1. The van der Waals surface area contributed by atoms with E-state index >= 15 is 0 Å². The molecule has 1 fully saturated rings. The number of carbonyl (C=O) groups excluding carboxylic acids is 3. The predicted molar refractivity (Wildman–Crippen MR) is 116 cm³/mol. The number of rotatable bonds is 6. The highest BCUT2D eigenvalue weighted by Gasteiger charge is 2.41. The van der Waals surface area contributed by atoms with Gasteiger partial charge in [-0.3, -0.25) is 19.1 Å². The number of likely N-dealkylation sites (N-methyl/N-ethyl adjacent to an activating group) is 1. The van der Waals surface area contributed by atoms with Crippen molar-refractivity contribution in [2.24, 2.45) is 5.92 Å². The molecule has 2 N–H and O–H groups in total. The Hall–Kier alpha value is -2.37. The van der Waals surface area contributed by atoms with E-state index in [1.54, 1.807) is 32.9 Å². The molecule has 0 aromatic heterocycles. The maximum Gasteiger partial charge on any atom is 0.412 e. The largest absolute Gasteiger partial charge is 0.444 e. The lowest BCUT2D eigenvalue weighted by Gasteiger charge is -2.27. The molecule has 10 nitrogen and oxygen atoms in total. The van der Waals surface area contributed by atoms with E-state index in [4.69, 9.17) is 16.3 Å². The number of hydrogen-bond donors (Lipinski definition) is 2. The summed E-state index contributed by atoms with van der Waals surface area (Å²) in [6.45, 7) is 5.10. The van der Waals surface area contributed by atoms with E-state index in [0.717, 1.165) is 7.11 Å². The fourth-order valence-corrected chi connectivity index (χ4v) is 4.29. The molecule has 1 aromatic carbocycles. The molecular formula is C19H26ClN3O7S. The highest BCUT2D eigenvalue weighted by molar-refractivity contribution is 7.86. The summed E-state index contributed by atoms with van der Waals surface area (Å²) in [4.78, 5) is 38.5. The van der Waals surface area contributed by atoms with Crippen LogP contribution in [-0.2, 0) is 28.6 Å². The van der Waals surface area contributed by atoms with E-state index in [9.17, 15) is 22.8 Å². The van der Waals surface area contributed by atoms with Gasteiger partial charge in [0.2, 0.25) is 11.8 Å². The molecule has 0 aliphatic carbocycles.